The number of nitrogens with one attached hydrogen (secondary N) is 1. The lowest BCUT2D eigenvalue weighted by Gasteiger charge is -2.12. The molecule has 0 radical (unpaired) electrons. The van der Waals surface area contributed by atoms with Crippen LogP contribution in [0.15, 0.2) is 54.6 Å². The topological polar surface area (TPSA) is 30.5 Å². The zero-order valence-corrected chi connectivity index (χ0v) is 12.1. The first-order chi connectivity index (χ1) is 10.4. The fourth-order valence-corrected chi connectivity index (χ4v) is 2.53. The van der Waals surface area contributed by atoms with Crippen molar-refractivity contribution in [2.75, 3.05) is 19.7 Å². The van der Waals surface area contributed by atoms with Crippen LogP contribution in [0.5, 0.6) is 11.5 Å². The van der Waals surface area contributed by atoms with E-state index in [1.54, 1.807) is 0 Å². The van der Waals surface area contributed by atoms with Crippen LogP contribution >= 0.6 is 0 Å². The summed E-state index contributed by atoms with van der Waals surface area (Å²) in [5.74, 6) is 1.98. The van der Waals surface area contributed by atoms with E-state index in [0.29, 0.717) is 0 Å². The fourth-order valence-electron chi connectivity index (χ4n) is 2.53. The largest absolute Gasteiger partial charge is 0.494 e. The third-order valence-corrected chi connectivity index (χ3v) is 3.60. The van der Waals surface area contributed by atoms with Crippen molar-refractivity contribution in [3.8, 4) is 11.5 Å². The van der Waals surface area contributed by atoms with Gasteiger partial charge in [-0.05, 0) is 36.7 Å². The highest BCUT2D eigenvalue weighted by atomic mass is 16.5. The summed E-state index contributed by atoms with van der Waals surface area (Å²) in [4.78, 5) is 0. The second-order valence-electron chi connectivity index (χ2n) is 5.27. The molecule has 0 spiro atoms. The third-order valence-electron chi connectivity index (χ3n) is 3.60. The minimum atomic E-state index is 0.262. The number of hydrogen-bond acceptors (Lipinski definition) is 3. The van der Waals surface area contributed by atoms with Gasteiger partial charge in [-0.15, -0.1) is 0 Å². The molecule has 1 aliphatic rings. The van der Waals surface area contributed by atoms with E-state index in [0.717, 1.165) is 44.0 Å². The highest BCUT2D eigenvalue weighted by Crippen LogP contribution is 2.27. The van der Waals surface area contributed by atoms with Gasteiger partial charge >= 0.3 is 0 Å². The number of benzene rings is 2. The minimum Gasteiger partial charge on any atom is -0.494 e. The molecular formula is C18H21NO2. The van der Waals surface area contributed by atoms with Crippen LogP contribution in [0.25, 0.3) is 0 Å². The summed E-state index contributed by atoms with van der Waals surface area (Å²) in [7, 11) is 0. The summed E-state index contributed by atoms with van der Waals surface area (Å²) in [6.07, 6.45) is 2.26. The Morgan fingerprint density at radius 3 is 2.71 bits per heavy atom. The maximum atomic E-state index is 5.89. The molecule has 0 aliphatic carbocycles. The average Bonchev–Trinajstić information content (AvgIpc) is 2.94. The van der Waals surface area contributed by atoms with Gasteiger partial charge in [-0.2, -0.15) is 0 Å². The zero-order chi connectivity index (χ0) is 14.3. The number of para-hydroxylation sites is 2. The maximum absolute atomic E-state index is 5.89. The van der Waals surface area contributed by atoms with Crippen LogP contribution in [0.2, 0.25) is 0 Å². The lowest BCUT2D eigenvalue weighted by Crippen LogP contribution is -2.31. The average molecular weight is 283 g/mol. The van der Waals surface area contributed by atoms with E-state index >= 15 is 0 Å². The summed E-state index contributed by atoms with van der Waals surface area (Å²) in [6, 6.07) is 18.2. The summed E-state index contributed by atoms with van der Waals surface area (Å²) < 4.78 is 11.5. The molecule has 1 aliphatic heterocycles. The molecule has 110 valence electrons. The first kappa shape index (κ1) is 14.0. The summed E-state index contributed by atoms with van der Waals surface area (Å²) in [5, 5.41) is 3.44. The van der Waals surface area contributed by atoms with E-state index in [2.05, 4.69) is 17.4 Å². The van der Waals surface area contributed by atoms with Gasteiger partial charge in [0, 0.05) is 13.0 Å². The summed E-state index contributed by atoms with van der Waals surface area (Å²) in [6.45, 7) is 2.58. The van der Waals surface area contributed by atoms with Crippen LogP contribution in [0, 0.1) is 0 Å². The Labute approximate surface area is 125 Å². The molecule has 0 fully saturated rings. The molecule has 3 nitrogen and oxygen atoms in total. The SMILES string of the molecule is c1ccc(OCCCNCC2Cc3ccccc3O2)cc1. The number of rotatable bonds is 7. The van der Waals surface area contributed by atoms with Crippen LogP contribution in [0.1, 0.15) is 12.0 Å². The van der Waals surface area contributed by atoms with Crippen molar-refractivity contribution in [2.24, 2.45) is 0 Å². The predicted octanol–water partition coefficient (Wildman–Crippen LogP) is 3.05. The van der Waals surface area contributed by atoms with Crippen molar-refractivity contribution in [1.29, 1.82) is 0 Å². The fraction of sp³-hybridized carbons (Fsp3) is 0.333. The molecule has 2 aromatic carbocycles. The third kappa shape index (κ3) is 3.99. The van der Waals surface area contributed by atoms with Crippen molar-refractivity contribution < 1.29 is 9.47 Å². The molecule has 2 aromatic rings. The van der Waals surface area contributed by atoms with E-state index in [4.69, 9.17) is 9.47 Å². The van der Waals surface area contributed by atoms with Gasteiger partial charge in [-0.3, -0.25) is 0 Å². The molecule has 3 rings (SSSR count). The second-order valence-corrected chi connectivity index (χ2v) is 5.27. The smallest absolute Gasteiger partial charge is 0.123 e. The normalized spacial score (nSPS) is 16.3. The molecule has 1 atom stereocenters. The van der Waals surface area contributed by atoms with Crippen molar-refractivity contribution in [3.05, 3.63) is 60.2 Å². The second kappa shape index (κ2) is 7.14. The Balaban J connectivity index is 1.28. The minimum absolute atomic E-state index is 0.262. The van der Waals surface area contributed by atoms with Crippen LogP contribution in [-0.4, -0.2) is 25.8 Å². The molecule has 0 saturated carbocycles. The van der Waals surface area contributed by atoms with Gasteiger partial charge in [0.2, 0.25) is 0 Å². The molecule has 0 amide bonds. The molecular weight excluding hydrogens is 262 g/mol. The molecule has 3 heteroatoms. The van der Waals surface area contributed by atoms with Crippen molar-refractivity contribution in [2.45, 2.75) is 18.9 Å². The maximum Gasteiger partial charge on any atom is 0.123 e. The molecule has 0 saturated heterocycles. The summed E-state index contributed by atoms with van der Waals surface area (Å²) in [5.41, 5.74) is 1.32. The molecule has 1 heterocycles. The van der Waals surface area contributed by atoms with Gasteiger partial charge in [0.05, 0.1) is 6.61 Å². The van der Waals surface area contributed by atoms with Crippen LogP contribution in [-0.2, 0) is 6.42 Å². The number of hydrogen-bond donors (Lipinski definition) is 1. The van der Waals surface area contributed by atoms with Gasteiger partial charge in [0.15, 0.2) is 0 Å². The number of ether oxygens (including phenoxy) is 2. The van der Waals surface area contributed by atoms with Crippen LogP contribution < -0.4 is 14.8 Å². The molecule has 21 heavy (non-hydrogen) atoms. The first-order valence-electron chi connectivity index (χ1n) is 7.55. The van der Waals surface area contributed by atoms with E-state index < -0.39 is 0 Å². The zero-order valence-electron chi connectivity index (χ0n) is 12.1. The molecule has 0 aromatic heterocycles. The lowest BCUT2D eigenvalue weighted by molar-refractivity contribution is 0.225. The Morgan fingerprint density at radius 1 is 1.05 bits per heavy atom. The number of fused-ring (bicyclic) bond motifs is 1. The standard InChI is InChI=1S/C18H21NO2/c1-2-8-16(9-3-1)20-12-6-11-19-14-17-13-15-7-4-5-10-18(15)21-17/h1-5,7-10,17,19H,6,11-14H2. The highest BCUT2D eigenvalue weighted by Gasteiger charge is 2.21. The molecule has 1 unspecified atom stereocenters. The molecule has 0 bridgehead atoms. The van der Waals surface area contributed by atoms with Crippen molar-refractivity contribution in [1.82, 2.24) is 5.32 Å². The van der Waals surface area contributed by atoms with Crippen molar-refractivity contribution in [3.63, 3.8) is 0 Å². The predicted molar refractivity (Wildman–Crippen MR) is 84.0 cm³/mol. The van der Waals surface area contributed by atoms with Gasteiger partial charge in [-0.1, -0.05) is 36.4 Å². The van der Waals surface area contributed by atoms with E-state index in [-0.39, 0.29) is 6.10 Å². The Bertz CT molecular complexity index is 531. The van der Waals surface area contributed by atoms with Crippen molar-refractivity contribution >= 4 is 0 Å². The van der Waals surface area contributed by atoms with Crippen LogP contribution in [0.4, 0.5) is 0 Å². The molecule has 1 N–H and O–H groups in total. The Kier molecular flexibility index (Phi) is 4.74. The van der Waals surface area contributed by atoms with E-state index in [9.17, 15) is 0 Å². The van der Waals surface area contributed by atoms with Gasteiger partial charge in [-0.25, -0.2) is 0 Å². The van der Waals surface area contributed by atoms with E-state index in [1.165, 1.54) is 5.56 Å². The van der Waals surface area contributed by atoms with Gasteiger partial charge in [0.25, 0.3) is 0 Å². The van der Waals surface area contributed by atoms with Gasteiger partial charge < -0.3 is 14.8 Å². The Morgan fingerprint density at radius 2 is 1.86 bits per heavy atom. The quantitative estimate of drug-likeness (QED) is 0.792. The lowest BCUT2D eigenvalue weighted by atomic mass is 10.1. The highest BCUT2D eigenvalue weighted by molar-refractivity contribution is 5.37. The monoisotopic (exact) mass is 283 g/mol. The van der Waals surface area contributed by atoms with Gasteiger partial charge in [0.1, 0.15) is 17.6 Å². The van der Waals surface area contributed by atoms with Crippen LogP contribution in [0.3, 0.4) is 0 Å². The Hall–Kier alpha value is -2.00. The first-order valence-corrected chi connectivity index (χ1v) is 7.55. The van der Waals surface area contributed by atoms with E-state index in [1.807, 2.05) is 42.5 Å². The summed E-state index contributed by atoms with van der Waals surface area (Å²) >= 11 is 0.